The van der Waals surface area contributed by atoms with E-state index in [0.717, 1.165) is 11.1 Å². The molecular formula is C15H17N3O3. The molecule has 0 radical (unpaired) electrons. The third-order valence-corrected chi connectivity index (χ3v) is 3.04. The molecule has 0 spiro atoms. The number of carboxylic acids is 1. The van der Waals surface area contributed by atoms with Gasteiger partial charge in [-0.05, 0) is 42.7 Å². The fraction of sp³-hybridized carbons (Fsp3) is 0.267. The van der Waals surface area contributed by atoms with Crippen LogP contribution in [0.3, 0.4) is 0 Å². The van der Waals surface area contributed by atoms with Crippen molar-refractivity contribution in [2.75, 3.05) is 6.54 Å². The van der Waals surface area contributed by atoms with Crippen LogP contribution >= 0.6 is 0 Å². The van der Waals surface area contributed by atoms with E-state index in [9.17, 15) is 9.59 Å². The molecule has 6 nitrogen and oxygen atoms in total. The number of nitrogens with one attached hydrogen (secondary N) is 1. The molecule has 1 amide bonds. The Kier molecular flexibility index (Phi) is 4.37. The quantitative estimate of drug-likeness (QED) is 0.870. The molecule has 0 saturated carbocycles. The molecule has 2 aromatic rings. The van der Waals surface area contributed by atoms with Gasteiger partial charge in [-0.1, -0.05) is 0 Å². The van der Waals surface area contributed by atoms with Crippen LogP contribution in [0, 0.1) is 6.92 Å². The van der Waals surface area contributed by atoms with Gasteiger partial charge in [-0.15, -0.1) is 0 Å². The standard InChI is InChI=1S/C15H17N3O3/c1-10-5-12(7-13(6-10)15(20)21)14(19)16-4-3-11-8-17-18(2)9-11/h5-9H,3-4H2,1-2H3,(H,16,19)(H,20,21). The molecule has 0 saturated heterocycles. The average Bonchev–Trinajstić information content (AvgIpc) is 2.83. The Labute approximate surface area is 122 Å². The molecule has 110 valence electrons. The Balaban J connectivity index is 1.98. The number of hydrogen-bond donors (Lipinski definition) is 2. The van der Waals surface area contributed by atoms with E-state index in [1.165, 1.54) is 12.1 Å². The molecule has 0 unspecified atom stereocenters. The minimum atomic E-state index is -1.04. The van der Waals surface area contributed by atoms with E-state index in [1.807, 2.05) is 13.2 Å². The minimum Gasteiger partial charge on any atom is -0.478 e. The summed E-state index contributed by atoms with van der Waals surface area (Å²) < 4.78 is 1.71. The van der Waals surface area contributed by atoms with Crippen molar-refractivity contribution in [3.63, 3.8) is 0 Å². The van der Waals surface area contributed by atoms with E-state index in [0.29, 0.717) is 18.5 Å². The highest BCUT2D eigenvalue weighted by Crippen LogP contribution is 2.10. The second kappa shape index (κ2) is 6.21. The van der Waals surface area contributed by atoms with Crippen LogP contribution in [-0.2, 0) is 13.5 Å². The van der Waals surface area contributed by atoms with Gasteiger partial charge in [-0.3, -0.25) is 9.48 Å². The first-order valence-corrected chi connectivity index (χ1v) is 6.56. The molecule has 6 heteroatoms. The molecule has 0 aliphatic heterocycles. The van der Waals surface area contributed by atoms with Crippen LogP contribution < -0.4 is 5.32 Å². The number of aromatic carboxylic acids is 1. The number of aromatic nitrogens is 2. The molecule has 0 atom stereocenters. The van der Waals surface area contributed by atoms with Crippen molar-refractivity contribution >= 4 is 11.9 Å². The summed E-state index contributed by atoms with van der Waals surface area (Å²) in [5.74, 6) is -1.31. The van der Waals surface area contributed by atoms with Crippen molar-refractivity contribution < 1.29 is 14.7 Å². The van der Waals surface area contributed by atoms with Crippen LogP contribution in [-0.4, -0.2) is 33.3 Å². The highest BCUT2D eigenvalue weighted by Gasteiger charge is 2.10. The zero-order valence-corrected chi connectivity index (χ0v) is 12.0. The lowest BCUT2D eigenvalue weighted by atomic mass is 10.1. The van der Waals surface area contributed by atoms with Crippen LogP contribution in [0.1, 0.15) is 31.8 Å². The molecule has 0 bridgehead atoms. The molecule has 1 heterocycles. The maximum atomic E-state index is 12.0. The Hall–Kier alpha value is -2.63. The SMILES string of the molecule is Cc1cc(C(=O)O)cc(C(=O)NCCc2cnn(C)c2)c1. The number of carbonyl (C=O) groups excluding carboxylic acids is 1. The van der Waals surface area contributed by atoms with Gasteiger partial charge in [0.25, 0.3) is 5.91 Å². The molecule has 0 aliphatic carbocycles. The molecular weight excluding hydrogens is 270 g/mol. The maximum Gasteiger partial charge on any atom is 0.335 e. The van der Waals surface area contributed by atoms with Gasteiger partial charge >= 0.3 is 5.97 Å². The van der Waals surface area contributed by atoms with Crippen molar-refractivity contribution in [2.45, 2.75) is 13.3 Å². The summed E-state index contributed by atoms with van der Waals surface area (Å²) in [5.41, 5.74) is 2.26. The predicted molar refractivity (Wildman–Crippen MR) is 77.4 cm³/mol. The lowest BCUT2D eigenvalue weighted by Crippen LogP contribution is -2.26. The van der Waals surface area contributed by atoms with Gasteiger partial charge in [0.1, 0.15) is 0 Å². The van der Waals surface area contributed by atoms with Crippen LogP contribution in [0.4, 0.5) is 0 Å². The molecule has 2 rings (SSSR count). The van der Waals surface area contributed by atoms with Crippen molar-refractivity contribution in [3.8, 4) is 0 Å². The Morgan fingerprint density at radius 2 is 2.00 bits per heavy atom. The predicted octanol–water partition coefficient (Wildman–Crippen LogP) is 1.40. The van der Waals surface area contributed by atoms with Crippen molar-refractivity contribution in [2.24, 2.45) is 7.05 Å². The van der Waals surface area contributed by atoms with Crippen LogP contribution in [0.2, 0.25) is 0 Å². The van der Waals surface area contributed by atoms with Gasteiger partial charge < -0.3 is 10.4 Å². The summed E-state index contributed by atoms with van der Waals surface area (Å²) in [4.78, 5) is 23.0. The fourth-order valence-corrected chi connectivity index (χ4v) is 2.06. The van der Waals surface area contributed by atoms with Crippen molar-refractivity contribution in [1.29, 1.82) is 0 Å². The zero-order chi connectivity index (χ0) is 15.4. The van der Waals surface area contributed by atoms with E-state index in [1.54, 1.807) is 23.9 Å². The molecule has 1 aromatic carbocycles. The zero-order valence-electron chi connectivity index (χ0n) is 12.0. The summed E-state index contributed by atoms with van der Waals surface area (Å²) >= 11 is 0. The minimum absolute atomic E-state index is 0.118. The molecule has 2 N–H and O–H groups in total. The number of rotatable bonds is 5. The lowest BCUT2D eigenvalue weighted by molar-refractivity contribution is 0.0696. The second-order valence-corrected chi connectivity index (χ2v) is 4.92. The maximum absolute atomic E-state index is 12.0. The van der Waals surface area contributed by atoms with Gasteiger partial charge in [0, 0.05) is 25.4 Å². The number of carboxylic acid groups (broad SMARTS) is 1. The summed E-state index contributed by atoms with van der Waals surface area (Å²) in [6, 6.07) is 4.59. The van der Waals surface area contributed by atoms with E-state index in [2.05, 4.69) is 10.4 Å². The summed E-state index contributed by atoms with van der Waals surface area (Å²) in [5, 5.41) is 15.8. The van der Waals surface area contributed by atoms with Gasteiger partial charge in [-0.25, -0.2) is 4.79 Å². The highest BCUT2D eigenvalue weighted by molar-refractivity contribution is 5.97. The third-order valence-electron chi connectivity index (χ3n) is 3.04. The Bertz CT molecular complexity index is 677. The van der Waals surface area contributed by atoms with Crippen LogP contribution in [0.5, 0.6) is 0 Å². The number of benzene rings is 1. The van der Waals surface area contributed by atoms with E-state index in [4.69, 9.17) is 5.11 Å². The van der Waals surface area contributed by atoms with Crippen LogP contribution in [0.15, 0.2) is 30.6 Å². The summed E-state index contributed by atoms with van der Waals surface area (Å²) in [6.07, 6.45) is 4.32. The number of amides is 1. The monoisotopic (exact) mass is 287 g/mol. The van der Waals surface area contributed by atoms with E-state index in [-0.39, 0.29) is 11.5 Å². The first kappa shape index (κ1) is 14.8. The van der Waals surface area contributed by atoms with Gasteiger partial charge in [-0.2, -0.15) is 5.10 Å². The third kappa shape index (κ3) is 3.92. The van der Waals surface area contributed by atoms with Crippen molar-refractivity contribution in [3.05, 3.63) is 52.8 Å². The second-order valence-electron chi connectivity index (χ2n) is 4.92. The van der Waals surface area contributed by atoms with Gasteiger partial charge in [0.2, 0.25) is 0 Å². The van der Waals surface area contributed by atoms with Crippen molar-refractivity contribution in [1.82, 2.24) is 15.1 Å². The number of aryl methyl sites for hydroxylation is 2. The largest absolute Gasteiger partial charge is 0.478 e. The number of hydrogen-bond acceptors (Lipinski definition) is 3. The summed E-state index contributed by atoms with van der Waals surface area (Å²) in [7, 11) is 1.84. The first-order chi connectivity index (χ1) is 9.95. The number of carbonyl (C=O) groups is 2. The van der Waals surface area contributed by atoms with Gasteiger partial charge in [0.15, 0.2) is 0 Å². The highest BCUT2D eigenvalue weighted by atomic mass is 16.4. The van der Waals surface area contributed by atoms with Crippen LogP contribution in [0.25, 0.3) is 0 Å². The molecule has 1 aromatic heterocycles. The molecule has 0 aliphatic rings. The Morgan fingerprint density at radius 3 is 2.62 bits per heavy atom. The average molecular weight is 287 g/mol. The fourth-order valence-electron chi connectivity index (χ4n) is 2.06. The molecule has 0 fully saturated rings. The first-order valence-electron chi connectivity index (χ1n) is 6.56. The topological polar surface area (TPSA) is 84.2 Å². The van der Waals surface area contributed by atoms with E-state index >= 15 is 0 Å². The normalized spacial score (nSPS) is 10.4. The van der Waals surface area contributed by atoms with E-state index < -0.39 is 5.97 Å². The van der Waals surface area contributed by atoms with Gasteiger partial charge in [0.05, 0.1) is 11.8 Å². The number of nitrogens with zero attached hydrogens (tertiary/aromatic N) is 2. The smallest absolute Gasteiger partial charge is 0.335 e. The summed E-state index contributed by atoms with van der Waals surface area (Å²) in [6.45, 7) is 2.24. The Morgan fingerprint density at radius 1 is 1.29 bits per heavy atom. The lowest BCUT2D eigenvalue weighted by Gasteiger charge is -2.06. The molecule has 21 heavy (non-hydrogen) atoms.